The van der Waals surface area contributed by atoms with Gasteiger partial charge in [0.2, 0.25) is 0 Å². The van der Waals surface area contributed by atoms with Crippen LogP contribution in [0.4, 0.5) is 0 Å². The number of methoxy groups -OCH3 is 1. The van der Waals surface area contributed by atoms with Crippen LogP contribution in [0.1, 0.15) is 44.1 Å². The van der Waals surface area contributed by atoms with Gasteiger partial charge in [0.15, 0.2) is 0 Å². The molecular formula is C23H29N3O3. The zero-order valence-corrected chi connectivity index (χ0v) is 17.4. The number of ether oxygens (including phenoxy) is 1. The molecule has 1 saturated heterocycles. The summed E-state index contributed by atoms with van der Waals surface area (Å²) in [6.07, 6.45) is 3.51. The molecule has 0 aliphatic carbocycles. The molecule has 2 aliphatic heterocycles. The number of likely N-dealkylation sites (tertiary alicyclic amines) is 1. The molecule has 2 aliphatic rings. The number of piperidine rings is 1. The fourth-order valence-corrected chi connectivity index (χ4v) is 4.59. The number of carbonyl (C=O) groups excluding carboxylic acids is 1. The minimum Gasteiger partial charge on any atom is -0.497 e. The summed E-state index contributed by atoms with van der Waals surface area (Å²) < 4.78 is 10.9. The largest absolute Gasteiger partial charge is 0.497 e. The van der Waals surface area contributed by atoms with Gasteiger partial charge in [-0.05, 0) is 60.2 Å². The Morgan fingerprint density at radius 1 is 1.17 bits per heavy atom. The Morgan fingerprint density at radius 3 is 2.52 bits per heavy atom. The molecule has 154 valence electrons. The van der Waals surface area contributed by atoms with E-state index < -0.39 is 0 Å². The third-order valence-electron chi connectivity index (χ3n) is 5.76. The van der Waals surface area contributed by atoms with Gasteiger partial charge in [-0.3, -0.25) is 9.69 Å². The van der Waals surface area contributed by atoms with Crippen LogP contribution in [0.2, 0.25) is 0 Å². The Bertz CT molecular complexity index is 850. The molecule has 0 spiro atoms. The molecule has 2 aromatic rings. The van der Waals surface area contributed by atoms with E-state index in [1.54, 1.807) is 18.4 Å². The molecule has 0 saturated carbocycles. The Balaban J connectivity index is 1.55. The first kappa shape index (κ1) is 19.7. The topological polar surface area (TPSA) is 58.3 Å². The van der Waals surface area contributed by atoms with Crippen LogP contribution in [0.5, 0.6) is 5.75 Å². The highest BCUT2D eigenvalue weighted by Gasteiger charge is 2.36. The van der Waals surface area contributed by atoms with Gasteiger partial charge < -0.3 is 9.15 Å². The van der Waals surface area contributed by atoms with Crippen molar-refractivity contribution in [3.05, 3.63) is 54.0 Å². The van der Waals surface area contributed by atoms with Crippen molar-refractivity contribution in [1.29, 1.82) is 0 Å². The van der Waals surface area contributed by atoms with Crippen LogP contribution in [0.3, 0.4) is 0 Å². The standard InChI is InChI=1S/C23H29N3O3/c1-16-11-17(2)14-25(13-16)15-23(27)26-21(22-5-4-10-29-22)12-20(24-26)18-6-8-19(28-3)9-7-18/h4-10,16-17,21H,11-15H2,1-3H3/t16-,17-,21-/m0/s1. The molecule has 0 N–H and O–H groups in total. The van der Waals surface area contributed by atoms with E-state index in [0.717, 1.165) is 35.9 Å². The quantitative estimate of drug-likeness (QED) is 0.769. The number of rotatable bonds is 5. The number of hydrogen-bond donors (Lipinski definition) is 0. The Hall–Kier alpha value is -2.60. The van der Waals surface area contributed by atoms with Crippen LogP contribution in [-0.4, -0.2) is 48.3 Å². The van der Waals surface area contributed by atoms with E-state index in [2.05, 4.69) is 18.7 Å². The van der Waals surface area contributed by atoms with E-state index >= 15 is 0 Å². The highest BCUT2D eigenvalue weighted by Crippen LogP contribution is 2.33. The van der Waals surface area contributed by atoms with Crippen LogP contribution in [0.15, 0.2) is 52.2 Å². The number of hydrogen-bond acceptors (Lipinski definition) is 5. The zero-order valence-electron chi connectivity index (χ0n) is 17.4. The molecule has 1 amide bonds. The molecule has 1 aromatic carbocycles. The summed E-state index contributed by atoms with van der Waals surface area (Å²) in [5, 5.41) is 6.35. The van der Waals surface area contributed by atoms with Crippen LogP contribution >= 0.6 is 0 Å². The summed E-state index contributed by atoms with van der Waals surface area (Å²) in [4.78, 5) is 15.5. The summed E-state index contributed by atoms with van der Waals surface area (Å²) in [5.74, 6) is 2.83. The van der Waals surface area contributed by atoms with E-state index in [0.29, 0.717) is 24.8 Å². The first-order chi connectivity index (χ1) is 14.0. The Labute approximate surface area is 172 Å². The average molecular weight is 396 g/mol. The second-order valence-corrected chi connectivity index (χ2v) is 8.39. The molecule has 0 radical (unpaired) electrons. The van der Waals surface area contributed by atoms with Gasteiger partial charge in [0.1, 0.15) is 17.6 Å². The lowest BCUT2D eigenvalue weighted by Crippen LogP contribution is -2.44. The summed E-state index contributed by atoms with van der Waals surface area (Å²) in [6, 6.07) is 11.4. The van der Waals surface area contributed by atoms with E-state index in [9.17, 15) is 4.79 Å². The lowest BCUT2D eigenvalue weighted by molar-refractivity contribution is -0.135. The smallest absolute Gasteiger partial charge is 0.257 e. The van der Waals surface area contributed by atoms with Gasteiger partial charge in [-0.25, -0.2) is 5.01 Å². The molecule has 6 heteroatoms. The van der Waals surface area contributed by atoms with Gasteiger partial charge in [-0.1, -0.05) is 13.8 Å². The fraction of sp³-hybridized carbons (Fsp3) is 0.478. The highest BCUT2D eigenvalue weighted by molar-refractivity contribution is 6.03. The second kappa shape index (κ2) is 8.41. The van der Waals surface area contributed by atoms with Crippen molar-refractivity contribution in [2.45, 2.75) is 32.7 Å². The molecule has 3 atom stereocenters. The van der Waals surface area contributed by atoms with Crippen molar-refractivity contribution >= 4 is 11.6 Å². The van der Waals surface area contributed by atoms with Crippen molar-refractivity contribution in [2.75, 3.05) is 26.7 Å². The minimum absolute atomic E-state index is 0.0243. The number of benzene rings is 1. The third-order valence-corrected chi connectivity index (χ3v) is 5.76. The number of hydrazone groups is 1. The molecule has 29 heavy (non-hydrogen) atoms. The number of amides is 1. The third kappa shape index (κ3) is 4.37. The molecule has 3 heterocycles. The molecule has 1 aromatic heterocycles. The maximum atomic E-state index is 13.2. The minimum atomic E-state index is -0.200. The van der Waals surface area contributed by atoms with E-state index in [-0.39, 0.29) is 11.9 Å². The van der Waals surface area contributed by atoms with Crippen molar-refractivity contribution in [2.24, 2.45) is 16.9 Å². The van der Waals surface area contributed by atoms with Gasteiger partial charge in [0.25, 0.3) is 5.91 Å². The van der Waals surface area contributed by atoms with Crippen LogP contribution < -0.4 is 4.74 Å². The Kier molecular flexibility index (Phi) is 5.72. The van der Waals surface area contributed by atoms with Crippen molar-refractivity contribution < 1.29 is 13.9 Å². The molecule has 0 bridgehead atoms. The van der Waals surface area contributed by atoms with Gasteiger partial charge in [0.05, 0.1) is 25.6 Å². The van der Waals surface area contributed by atoms with E-state index in [1.165, 1.54) is 6.42 Å². The fourth-order valence-electron chi connectivity index (χ4n) is 4.59. The molecule has 4 rings (SSSR count). The number of carbonyl (C=O) groups is 1. The van der Waals surface area contributed by atoms with Gasteiger partial charge >= 0.3 is 0 Å². The predicted octanol–water partition coefficient (Wildman–Crippen LogP) is 3.94. The summed E-state index contributed by atoms with van der Waals surface area (Å²) in [7, 11) is 1.65. The van der Waals surface area contributed by atoms with Gasteiger partial charge in [-0.15, -0.1) is 0 Å². The summed E-state index contributed by atoms with van der Waals surface area (Å²) in [5.41, 5.74) is 1.89. The maximum absolute atomic E-state index is 13.2. The van der Waals surface area contributed by atoms with Crippen molar-refractivity contribution in [3.63, 3.8) is 0 Å². The second-order valence-electron chi connectivity index (χ2n) is 8.39. The molecule has 1 fully saturated rings. The molecule has 6 nitrogen and oxygen atoms in total. The van der Waals surface area contributed by atoms with Crippen LogP contribution in [0, 0.1) is 11.8 Å². The average Bonchev–Trinajstić information content (AvgIpc) is 3.37. The Morgan fingerprint density at radius 2 is 1.90 bits per heavy atom. The van der Waals surface area contributed by atoms with Gasteiger partial charge in [0, 0.05) is 19.5 Å². The van der Waals surface area contributed by atoms with Crippen LogP contribution in [0.25, 0.3) is 0 Å². The molecule has 0 unspecified atom stereocenters. The number of furan rings is 1. The van der Waals surface area contributed by atoms with Gasteiger partial charge in [-0.2, -0.15) is 5.10 Å². The highest BCUT2D eigenvalue weighted by atomic mass is 16.5. The first-order valence-electron chi connectivity index (χ1n) is 10.3. The SMILES string of the molecule is COc1ccc(C2=NN(C(=O)CN3C[C@@H](C)C[C@H](C)C3)[C@H](c3ccco3)C2)cc1. The molecular weight excluding hydrogens is 366 g/mol. The van der Waals surface area contributed by atoms with E-state index in [1.807, 2.05) is 36.4 Å². The zero-order chi connectivity index (χ0) is 20.4. The lowest BCUT2D eigenvalue weighted by atomic mass is 9.92. The lowest BCUT2D eigenvalue weighted by Gasteiger charge is -2.35. The maximum Gasteiger partial charge on any atom is 0.257 e. The number of nitrogens with zero attached hydrogens (tertiary/aromatic N) is 3. The normalized spacial score (nSPS) is 25.1. The van der Waals surface area contributed by atoms with Crippen molar-refractivity contribution in [1.82, 2.24) is 9.91 Å². The van der Waals surface area contributed by atoms with Crippen molar-refractivity contribution in [3.8, 4) is 5.75 Å². The monoisotopic (exact) mass is 395 g/mol. The summed E-state index contributed by atoms with van der Waals surface area (Å²) >= 11 is 0. The first-order valence-corrected chi connectivity index (χ1v) is 10.3. The van der Waals surface area contributed by atoms with Crippen LogP contribution in [-0.2, 0) is 4.79 Å². The van der Waals surface area contributed by atoms with E-state index in [4.69, 9.17) is 14.3 Å². The predicted molar refractivity (Wildman–Crippen MR) is 112 cm³/mol. The summed E-state index contributed by atoms with van der Waals surface area (Å²) in [6.45, 7) is 6.84.